The second kappa shape index (κ2) is 8.29. The van der Waals surface area contributed by atoms with E-state index in [1.165, 1.54) is 18.4 Å². The van der Waals surface area contributed by atoms with Crippen molar-refractivity contribution in [3.8, 4) is 0 Å². The Morgan fingerprint density at radius 1 is 1.50 bits per heavy atom. The van der Waals surface area contributed by atoms with Crippen molar-refractivity contribution in [2.45, 2.75) is 51.2 Å². The van der Waals surface area contributed by atoms with Crippen LogP contribution < -0.4 is 5.32 Å². The largest absolute Gasteiger partial charge is 0.378 e. The third kappa shape index (κ3) is 4.67. The first-order chi connectivity index (χ1) is 9.70. The van der Waals surface area contributed by atoms with E-state index in [0.29, 0.717) is 12.1 Å². The van der Waals surface area contributed by atoms with E-state index in [9.17, 15) is 4.39 Å². The minimum Gasteiger partial charge on any atom is -0.378 e. The van der Waals surface area contributed by atoms with Crippen molar-refractivity contribution in [1.82, 2.24) is 5.32 Å². The number of hydrogen-bond acceptors (Lipinski definition) is 2. The van der Waals surface area contributed by atoms with Gasteiger partial charge < -0.3 is 10.1 Å². The number of rotatable bonds is 7. The van der Waals surface area contributed by atoms with Gasteiger partial charge in [0.05, 0.1) is 6.10 Å². The molecule has 1 fully saturated rings. The van der Waals surface area contributed by atoms with Crippen LogP contribution in [0, 0.1) is 9.39 Å². The first-order valence-electron chi connectivity index (χ1n) is 7.50. The third-order valence-electron chi connectivity index (χ3n) is 3.78. The predicted molar refractivity (Wildman–Crippen MR) is 88.4 cm³/mol. The van der Waals surface area contributed by atoms with Gasteiger partial charge in [0.2, 0.25) is 0 Å². The average molecular weight is 391 g/mol. The van der Waals surface area contributed by atoms with Crippen molar-refractivity contribution in [3.05, 3.63) is 33.1 Å². The lowest BCUT2D eigenvalue weighted by atomic mass is 9.99. The van der Waals surface area contributed by atoms with E-state index in [0.717, 1.165) is 36.0 Å². The van der Waals surface area contributed by atoms with Crippen LogP contribution in [0.15, 0.2) is 18.2 Å². The zero-order chi connectivity index (χ0) is 14.4. The van der Waals surface area contributed by atoms with Gasteiger partial charge in [-0.15, -0.1) is 0 Å². The molecule has 112 valence electrons. The number of halogens is 2. The van der Waals surface area contributed by atoms with E-state index >= 15 is 0 Å². The topological polar surface area (TPSA) is 21.3 Å². The smallest absolute Gasteiger partial charge is 0.124 e. The zero-order valence-corrected chi connectivity index (χ0v) is 14.2. The van der Waals surface area contributed by atoms with E-state index in [1.54, 1.807) is 12.1 Å². The molecule has 1 aromatic rings. The first kappa shape index (κ1) is 16.2. The first-order valence-corrected chi connectivity index (χ1v) is 8.58. The van der Waals surface area contributed by atoms with Crippen LogP contribution in [0.5, 0.6) is 0 Å². The molecule has 0 aromatic heterocycles. The molecule has 0 spiro atoms. The summed E-state index contributed by atoms with van der Waals surface area (Å²) in [5.41, 5.74) is 1.21. The summed E-state index contributed by atoms with van der Waals surface area (Å²) in [7, 11) is 0. The van der Waals surface area contributed by atoms with Crippen LogP contribution in [0.4, 0.5) is 4.39 Å². The highest BCUT2D eigenvalue weighted by molar-refractivity contribution is 14.1. The quantitative estimate of drug-likeness (QED) is 0.695. The van der Waals surface area contributed by atoms with E-state index < -0.39 is 0 Å². The van der Waals surface area contributed by atoms with Gasteiger partial charge in [0.25, 0.3) is 0 Å². The van der Waals surface area contributed by atoms with Crippen molar-refractivity contribution in [1.29, 1.82) is 0 Å². The second-order valence-electron chi connectivity index (χ2n) is 5.38. The maximum Gasteiger partial charge on any atom is 0.124 e. The van der Waals surface area contributed by atoms with Gasteiger partial charge in [0.15, 0.2) is 0 Å². The Balaban J connectivity index is 2.01. The fraction of sp³-hybridized carbons (Fsp3) is 0.625. The van der Waals surface area contributed by atoms with Crippen LogP contribution in [0.2, 0.25) is 0 Å². The molecule has 4 heteroatoms. The number of hydrogen-bond donors (Lipinski definition) is 1. The van der Waals surface area contributed by atoms with Crippen LogP contribution in [0.3, 0.4) is 0 Å². The van der Waals surface area contributed by atoms with Crippen molar-refractivity contribution in [2.24, 2.45) is 0 Å². The summed E-state index contributed by atoms with van der Waals surface area (Å²) in [5.74, 6) is -0.161. The fourth-order valence-electron chi connectivity index (χ4n) is 2.69. The molecule has 1 aliphatic rings. The number of nitrogens with one attached hydrogen (secondary N) is 1. The minimum absolute atomic E-state index is 0.161. The molecule has 2 rings (SSSR count). The van der Waals surface area contributed by atoms with Crippen molar-refractivity contribution < 1.29 is 9.13 Å². The van der Waals surface area contributed by atoms with Gasteiger partial charge in [-0.1, -0.05) is 13.0 Å². The lowest BCUT2D eigenvalue weighted by Crippen LogP contribution is -2.24. The minimum atomic E-state index is -0.161. The van der Waals surface area contributed by atoms with E-state index in [-0.39, 0.29) is 5.82 Å². The maximum absolute atomic E-state index is 13.2. The summed E-state index contributed by atoms with van der Waals surface area (Å²) in [6.07, 6.45) is 6.02. The van der Waals surface area contributed by atoms with Gasteiger partial charge in [-0.3, -0.25) is 0 Å². The number of ether oxygens (including phenoxy) is 1. The van der Waals surface area contributed by atoms with Crippen LogP contribution in [0.25, 0.3) is 0 Å². The highest BCUT2D eigenvalue weighted by Gasteiger charge is 2.20. The SMILES string of the molecule is CCCNC(CCC1CCCO1)c1ccc(F)cc1I. The molecule has 1 aliphatic heterocycles. The summed E-state index contributed by atoms with van der Waals surface area (Å²) >= 11 is 2.23. The summed E-state index contributed by atoms with van der Waals surface area (Å²) in [4.78, 5) is 0. The van der Waals surface area contributed by atoms with E-state index in [1.807, 2.05) is 6.07 Å². The highest BCUT2D eigenvalue weighted by Crippen LogP contribution is 2.27. The van der Waals surface area contributed by atoms with Crippen molar-refractivity contribution in [2.75, 3.05) is 13.2 Å². The third-order valence-corrected chi connectivity index (χ3v) is 4.71. The zero-order valence-electron chi connectivity index (χ0n) is 12.0. The molecule has 0 amide bonds. The summed E-state index contributed by atoms with van der Waals surface area (Å²) in [6.45, 7) is 4.06. The Morgan fingerprint density at radius 3 is 3.00 bits per heavy atom. The van der Waals surface area contributed by atoms with Gasteiger partial charge in [0.1, 0.15) is 5.82 Å². The van der Waals surface area contributed by atoms with E-state index in [2.05, 4.69) is 34.8 Å². The Kier molecular flexibility index (Phi) is 6.71. The van der Waals surface area contributed by atoms with Gasteiger partial charge in [-0.25, -0.2) is 4.39 Å². The van der Waals surface area contributed by atoms with Gasteiger partial charge >= 0.3 is 0 Å². The molecule has 20 heavy (non-hydrogen) atoms. The Morgan fingerprint density at radius 2 is 2.35 bits per heavy atom. The standard InChI is InChI=1S/C16H23FINO/c1-2-9-19-16(8-6-13-4-3-10-20-13)14-7-5-12(17)11-15(14)18/h5,7,11,13,16,19H,2-4,6,8-10H2,1H3. The maximum atomic E-state index is 13.2. The molecule has 1 saturated heterocycles. The molecule has 1 heterocycles. The summed E-state index contributed by atoms with van der Waals surface area (Å²) in [5, 5.41) is 3.59. The normalized spacial score (nSPS) is 20.2. The highest BCUT2D eigenvalue weighted by atomic mass is 127. The van der Waals surface area contributed by atoms with Crippen LogP contribution in [-0.2, 0) is 4.74 Å². The molecule has 0 aliphatic carbocycles. The fourth-order valence-corrected chi connectivity index (χ4v) is 3.55. The Hall–Kier alpha value is -0.200. The Labute approximate surface area is 134 Å². The molecule has 1 aromatic carbocycles. The Bertz CT molecular complexity index is 421. The summed E-state index contributed by atoms with van der Waals surface area (Å²) in [6, 6.07) is 5.39. The van der Waals surface area contributed by atoms with Crippen molar-refractivity contribution >= 4 is 22.6 Å². The molecule has 2 atom stereocenters. The average Bonchev–Trinajstić information content (AvgIpc) is 2.93. The molecular weight excluding hydrogens is 368 g/mol. The monoisotopic (exact) mass is 391 g/mol. The van der Waals surface area contributed by atoms with Crippen LogP contribution in [0.1, 0.15) is 50.6 Å². The van der Waals surface area contributed by atoms with Crippen LogP contribution in [-0.4, -0.2) is 19.3 Å². The van der Waals surface area contributed by atoms with E-state index in [4.69, 9.17) is 4.74 Å². The van der Waals surface area contributed by atoms with Gasteiger partial charge in [0, 0.05) is 16.2 Å². The lowest BCUT2D eigenvalue weighted by molar-refractivity contribution is 0.0995. The predicted octanol–water partition coefficient (Wildman–Crippen LogP) is 4.43. The molecule has 0 radical (unpaired) electrons. The molecule has 2 nitrogen and oxygen atoms in total. The molecule has 1 N–H and O–H groups in total. The molecule has 2 unspecified atom stereocenters. The van der Waals surface area contributed by atoms with Crippen molar-refractivity contribution in [3.63, 3.8) is 0 Å². The number of benzene rings is 1. The van der Waals surface area contributed by atoms with Gasteiger partial charge in [-0.2, -0.15) is 0 Å². The summed E-state index contributed by atoms with van der Waals surface area (Å²) < 4.78 is 20.0. The molecule has 0 bridgehead atoms. The molecular formula is C16H23FINO. The van der Waals surface area contributed by atoms with Gasteiger partial charge in [-0.05, 0) is 78.9 Å². The lowest BCUT2D eigenvalue weighted by Gasteiger charge is -2.22. The second-order valence-corrected chi connectivity index (χ2v) is 6.55. The molecule has 0 saturated carbocycles. The van der Waals surface area contributed by atoms with Crippen LogP contribution >= 0.6 is 22.6 Å².